The number of nitrogens with zero attached hydrogens (tertiary/aromatic N) is 2. The van der Waals surface area contributed by atoms with E-state index in [1.165, 1.54) is 5.69 Å². The summed E-state index contributed by atoms with van der Waals surface area (Å²) >= 11 is 0. The first-order valence-electron chi connectivity index (χ1n) is 9.50. The highest BCUT2D eigenvalue weighted by Gasteiger charge is 2.28. The molecule has 0 aliphatic carbocycles. The van der Waals surface area contributed by atoms with Crippen molar-refractivity contribution >= 4 is 5.91 Å². The fourth-order valence-electron chi connectivity index (χ4n) is 3.62. The molecule has 0 bridgehead atoms. The summed E-state index contributed by atoms with van der Waals surface area (Å²) in [6.45, 7) is 9.72. The van der Waals surface area contributed by atoms with E-state index in [1.807, 2.05) is 31.0 Å². The van der Waals surface area contributed by atoms with Gasteiger partial charge in [-0.15, -0.1) is 0 Å². The lowest BCUT2D eigenvalue weighted by atomic mass is 9.94. The van der Waals surface area contributed by atoms with Crippen LogP contribution in [0.1, 0.15) is 62.3 Å². The summed E-state index contributed by atoms with van der Waals surface area (Å²) < 4.78 is 6.09. The molecule has 1 aromatic heterocycles. The van der Waals surface area contributed by atoms with Crippen molar-refractivity contribution in [2.24, 2.45) is 0 Å². The predicted molar refractivity (Wildman–Crippen MR) is 103 cm³/mol. The number of likely N-dealkylation sites (tertiary alicyclic amines) is 1. The number of hydrogen-bond donors (Lipinski definition) is 1. The van der Waals surface area contributed by atoms with Gasteiger partial charge < -0.3 is 14.6 Å². The molecule has 1 amide bonds. The Morgan fingerprint density at radius 3 is 2.62 bits per heavy atom. The second-order valence-corrected chi connectivity index (χ2v) is 7.56. The molecule has 0 saturated carbocycles. The number of carbonyl (C=O) groups is 1. The summed E-state index contributed by atoms with van der Waals surface area (Å²) in [7, 11) is 0. The number of aromatic nitrogens is 2. The third kappa shape index (κ3) is 4.09. The van der Waals surface area contributed by atoms with Crippen LogP contribution in [0.3, 0.4) is 0 Å². The van der Waals surface area contributed by atoms with Crippen LogP contribution in [-0.4, -0.2) is 40.0 Å². The number of nitrogens with one attached hydrogen (secondary N) is 1. The Morgan fingerprint density at radius 1 is 1.27 bits per heavy atom. The van der Waals surface area contributed by atoms with Crippen LogP contribution in [0.15, 0.2) is 30.7 Å². The summed E-state index contributed by atoms with van der Waals surface area (Å²) in [5.41, 5.74) is 3.46. The maximum Gasteiger partial charge on any atom is 0.263 e. The van der Waals surface area contributed by atoms with Crippen LogP contribution in [-0.2, 0) is 4.79 Å². The maximum atomic E-state index is 12.8. The molecular formula is C21H29N3O2. The molecule has 140 valence electrons. The Labute approximate surface area is 155 Å². The van der Waals surface area contributed by atoms with Crippen LogP contribution in [0.25, 0.3) is 0 Å². The molecule has 26 heavy (non-hydrogen) atoms. The van der Waals surface area contributed by atoms with Gasteiger partial charge in [0.1, 0.15) is 5.75 Å². The van der Waals surface area contributed by atoms with Gasteiger partial charge in [0.25, 0.3) is 5.91 Å². The molecule has 1 aliphatic heterocycles. The van der Waals surface area contributed by atoms with Gasteiger partial charge >= 0.3 is 0 Å². The van der Waals surface area contributed by atoms with Crippen LogP contribution < -0.4 is 4.74 Å². The fraction of sp³-hybridized carbons (Fsp3) is 0.524. The van der Waals surface area contributed by atoms with Crippen LogP contribution in [0.2, 0.25) is 0 Å². The lowest BCUT2D eigenvalue weighted by molar-refractivity contribution is -0.139. The number of piperidine rings is 1. The molecule has 5 nitrogen and oxygen atoms in total. The van der Waals surface area contributed by atoms with Crippen molar-refractivity contribution in [2.45, 2.75) is 58.5 Å². The van der Waals surface area contributed by atoms with E-state index in [0.29, 0.717) is 11.8 Å². The summed E-state index contributed by atoms with van der Waals surface area (Å²) in [6.07, 6.45) is 5.05. The first kappa shape index (κ1) is 18.5. The van der Waals surface area contributed by atoms with Gasteiger partial charge in [-0.2, -0.15) is 0 Å². The van der Waals surface area contributed by atoms with Crippen molar-refractivity contribution in [2.75, 3.05) is 13.1 Å². The molecule has 1 aliphatic rings. The van der Waals surface area contributed by atoms with E-state index >= 15 is 0 Å². The summed E-state index contributed by atoms with van der Waals surface area (Å²) in [5, 5.41) is 0. The van der Waals surface area contributed by atoms with E-state index in [1.54, 1.807) is 6.33 Å². The molecule has 1 unspecified atom stereocenters. The number of imidazole rings is 1. The minimum absolute atomic E-state index is 0.0734. The highest BCUT2D eigenvalue weighted by Crippen LogP contribution is 2.30. The Hall–Kier alpha value is -2.30. The molecular weight excluding hydrogens is 326 g/mol. The zero-order valence-corrected chi connectivity index (χ0v) is 16.2. The molecule has 1 fully saturated rings. The zero-order chi connectivity index (χ0) is 18.7. The van der Waals surface area contributed by atoms with Crippen LogP contribution in [0.5, 0.6) is 5.75 Å². The van der Waals surface area contributed by atoms with Gasteiger partial charge in [0.05, 0.1) is 6.33 Å². The number of aromatic amines is 1. The highest BCUT2D eigenvalue weighted by atomic mass is 16.5. The molecule has 5 heteroatoms. The van der Waals surface area contributed by atoms with E-state index in [4.69, 9.17) is 4.74 Å². The van der Waals surface area contributed by atoms with Crippen LogP contribution >= 0.6 is 0 Å². The Morgan fingerprint density at radius 2 is 2.00 bits per heavy atom. The lowest BCUT2D eigenvalue weighted by Crippen LogP contribution is -2.44. The normalized spacial score (nSPS) is 16.7. The van der Waals surface area contributed by atoms with Gasteiger partial charge in [-0.3, -0.25) is 4.79 Å². The predicted octanol–water partition coefficient (Wildman–Crippen LogP) is 4.02. The molecule has 1 saturated heterocycles. The fourth-order valence-corrected chi connectivity index (χ4v) is 3.62. The highest BCUT2D eigenvalue weighted by molar-refractivity contribution is 5.81. The Bertz CT molecular complexity index is 732. The number of benzene rings is 1. The number of rotatable bonds is 5. The van der Waals surface area contributed by atoms with Crippen molar-refractivity contribution < 1.29 is 9.53 Å². The van der Waals surface area contributed by atoms with Gasteiger partial charge in [0, 0.05) is 30.9 Å². The van der Waals surface area contributed by atoms with E-state index < -0.39 is 6.10 Å². The third-order valence-electron chi connectivity index (χ3n) is 5.21. The van der Waals surface area contributed by atoms with Crippen molar-refractivity contribution in [1.29, 1.82) is 0 Å². The standard InChI is InChI=1S/C21H29N3O2/c1-14(2)18-6-5-15(3)11-20(18)26-16(4)21(25)24-9-7-17(8-10-24)19-12-22-13-23-19/h5-6,11-14,16-17H,7-10H2,1-4H3,(H,22,23). The number of carbonyl (C=O) groups excluding carboxylic acids is 1. The number of aryl methyl sites for hydroxylation is 1. The lowest BCUT2D eigenvalue weighted by Gasteiger charge is -2.33. The molecule has 1 aromatic carbocycles. The Kier molecular flexibility index (Phi) is 5.64. The molecule has 1 atom stereocenters. The van der Waals surface area contributed by atoms with Gasteiger partial charge in [-0.05, 0) is 49.8 Å². The second-order valence-electron chi connectivity index (χ2n) is 7.56. The van der Waals surface area contributed by atoms with Gasteiger partial charge in [-0.25, -0.2) is 4.98 Å². The van der Waals surface area contributed by atoms with Crippen molar-refractivity contribution in [3.63, 3.8) is 0 Å². The minimum atomic E-state index is -0.474. The summed E-state index contributed by atoms with van der Waals surface area (Å²) in [4.78, 5) is 22.1. The monoisotopic (exact) mass is 355 g/mol. The Balaban J connectivity index is 1.61. The molecule has 1 N–H and O–H groups in total. The number of hydrogen-bond acceptors (Lipinski definition) is 3. The molecule has 3 rings (SSSR count). The summed E-state index contributed by atoms with van der Waals surface area (Å²) in [5.74, 6) is 1.72. The minimum Gasteiger partial charge on any atom is -0.481 e. The largest absolute Gasteiger partial charge is 0.481 e. The zero-order valence-electron chi connectivity index (χ0n) is 16.2. The molecule has 2 heterocycles. The molecule has 0 radical (unpaired) electrons. The first-order chi connectivity index (χ1) is 12.5. The topological polar surface area (TPSA) is 58.2 Å². The van der Waals surface area contributed by atoms with E-state index in [-0.39, 0.29) is 5.91 Å². The molecule has 2 aromatic rings. The van der Waals surface area contributed by atoms with Crippen molar-refractivity contribution in [1.82, 2.24) is 14.9 Å². The number of H-pyrrole nitrogens is 1. The molecule has 0 spiro atoms. The average Bonchev–Trinajstić information content (AvgIpc) is 3.15. The third-order valence-corrected chi connectivity index (χ3v) is 5.21. The van der Waals surface area contributed by atoms with Crippen LogP contribution in [0.4, 0.5) is 0 Å². The SMILES string of the molecule is Cc1ccc(C(C)C)c(OC(C)C(=O)N2CCC(c3cnc[nH]3)CC2)c1. The van der Waals surface area contributed by atoms with E-state index in [9.17, 15) is 4.79 Å². The maximum absolute atomic E-state index is 12.8. The van der Waals surface area contributed by atoms with E-state index in [2.05, 4.69) is 35.9 Å². The van der Waals surface area contributed by atoms with Gasteiger partial charge in [0.2, 0.25) is 0 Å². The average molecular weight is 355 g/mol. The quantitative estimate of drug-likeness (QED) is 0.881. The van der Waals surface area contributed by atoms with Crippen molar-refractivity contribution in [3.8, 4) is 5.75 Å². The smallest absolute Gasteiger partial charge is 0.263 e. The van der Waals surface area contributed by atoms with Gasteiger partial charge in [0.15, 0.2) is 6.10 Å². The number of amides is 1. The van der Waals surface area contributed by atoms with E-state index in [0.717, 1.165) is 42.8 Å². The van der Waals surface area contributed by atoms with Gasteiger partial charge in [-0.1, -0.05) is 26.0 Å². The summed E-state index contributed by atoms with van der Waals surface area (Å²) in [6, 6.07) is 6.22. The van der Waals surface area contributed by atoms with Crippen LogP contribution in [0, 0.1) is 6.92 Å². The number of ether oxygens (including phenoxy) is 1. The second kappa shape index (κ2) is 7.94. The first-order valence-corrected chi connectivity index (χ1v) is 9.50. The van der Waals surface area contributed by atoms with Crippen molar-refractivity contribution in [3.05, 3.63) is 47.5 Å².